The second kappa shape index (κ2) is 5.61. The molecule has 96 valence electrons. The lowest BCUT2D eigenvalue weighted by Crippen LogP contribution is -2.09. The lowest BCUT2D eigenvalue weighted by molar-refractivity contribution is 0.0939. The number of rotatable bonds is 4. The van der Waals surface area contributed by atoms with Gasteiger partial charge in [0, 0.05) is 17.0 Å². The molecular formula is C17H16O2. The average Bonchev–Trinajstić information content (AvgIpc) is 2.46. The highest BCUT2D eigenvalue weighted by Crippen LogP contribution is 2.27. The van der Waals surface area contributed by atoms with Crippen molar-refractivity contribution in [2.75, 3.05) is 0 Å². The highest BCUT2D eigenvalue weighted by Gasteiger charge is 2.16. The number of hydrogen-bond acceptors (Lipinski definition) is 2. The van der Waals surface area contributed by atoms with Crippen LogP contribution in [0.5, 0.6) is 0 Å². The molecule has 0 aliphatic carbocycles. The minimum absolute atomic E-state index is 0.0652. The van der Waals surface area contributed by atoms with Crippen molar-refractivity contribution < 1.29 is 9.59 Å². The summed E-state index contributed by atoms with van der Waals surface area (Å²) in [5.74, 6) is 0.0286. The molecule has 0 radical (unpaired) electrons. The van der Waals surface area contributed by atoms with Crippen molar-refractivity contribution in [1.82, 2.24) is 0 Å². The van der Waals surface area contributed by atoms with Crippen LogP contribution in [0.15, 0.2) is 48.5 Å². The molecule has 2 nitrogen and oxygen atoms in total. The van der Waals surface area contributed by atoms with Gasteiger partial charge in [-0.05, 0) is 11.1 Å². The molecule has 0 atom stereocenters. The third kappa shape index (κ3) is 2.63. The van der Waals surface area contributed by atoms with E-state index in [4.69, 9.17) is 0 Å². The van der Waals surface area contributed by atoms with E-state index in [1.54, 1.807) is 6.07 Å². The first-order valence-corrected chi connectivity index (χ1v) is 6.33. The first-order valence-electron chi connectivity index (χ1n) is 6.33. The van der Waals surface area contributed by atoms with Crippen molar-refractivity contribution in [2.45, 2.75) is 13.8 Å². The highest BCUT2D eigenvalue weighted by atomic mass is 16.1. The summed E-state index contributed by atoms with van der Waals surface area (Å²) in [5.41, 5.74) is 2.91. The molecule has 0 saturated carbocycles. The lowest BCUT2D eigenvalue weighted by Gasteiger charge is -2.12. The second-order valence-electron chi connectivity index (χ2n) is 4.77. The average molecular weight is 252 g/mol. The summed E-state index contributed by atoms with van der Waals surface area (Å²) in [6.45, 7) is 3.76. The van der Waals surface area contributed by atoms with Crippen LogP contribution in [-0.2, 0) is 0 Å². The molecule has 0 bridgehead atoms. The maximum absolute atomic E-state index is 12.2. The van der Waals surface area contributed by atoms with Crippen LogP contribution in [0.25, 0.3) is 11.1 Å². The molecule has 0 aromatic heterocycles. The molecule has 0 fully saturated rings. The van der Waals surface area contributed by atoms with Gasteiger partial charge in [-0.2, -0.15) is 0 Å². The summed E-state index contributed by atoms with van der Waals surface area (Å²) >= 11 is 0. The van der Waals surface area contributed by atoms with Gasteiger partial charge in [-0.25, -0.2) is 0 Å². The van der Waals surface area contributed by atoms with E-state index in [1.807, 2.05) is 56.3 Å². The van der Waals surface area contributed by atoms with Gasteiger partial charge in [0.1, 0.15) is 0 Å². The minimum Gasteiger partial charge on any atom is -0.298 e. The molecule has 19 heavy (non-hydrogen) atoms. The number of carbonyl (C=O) groups excluding carboxylic acids is 2. The number of aldehydes is 1. The molecule has 0 aliphatic heterocycles. The van der Waals surface area contributed by atoms with Crippen LogP contribution < -0.4 is 0 Å². The molecule has 2 heteroatoms. The van der Waals surface area contributed by atoms with E-state index in [9.17, 15) is 9.59 Å². The molecule has 0 spiro atoms. The maximum Gasteiger partial charge on any atom is 0.166 e. The Labute approximate surface area is 113 Å². The fourth-order valence-corrected chi connectivity index (χ4v) is 2.09. The van der Waals surface area contributed by atoms with Gasteiger partial charge in [0.15, 0.2) is 12.1 Å². The number of benzene rings is 2. The third-order valence-electron chi connectivity index (χ3n) is 3.09. The predicted molar refractivity (Wildman–Crippen MR) is 76.4 cm³/mol. The fraction of sp³-hybridized carbons (Fsp3) is 0.176. The molecule has 2 aromatic carbocycles. The Morgan fingerprint density at radius 2 is 1.53 bits per heavy atom. The Morgan fingerprint density at radius 1 is 0.947 bits per heavy atom. The molecule has 0 N–H and O–H groups in total. The van der Waals surface area contributed by atoms with E-state index in [0.29, 0.717) is 11.1 Å². The molecule has 2 rings (SSSR count). The molecule has 2 aromatic rings. The first kappa shape index (κ1) is 13.2. The summed E-state index contributed by atoms with van der Waals surface area (Å²) in [6, 6.07) is 14.8. The highest BCUT2D eigenvalue weighted by molar-refractivity contribution is 6.05. The molecule has 0 heterocycles. The number of hydrogen-bond donors (Lipinski definition) is 0. The van der Waals surface area contributed by atoms with Crippen LogP contribution in [-0.4, -0.2) is 12.1 Å². The zero-order valence-corrected chi connectivity index (χ0v) is 11.1. The van der Waals surface area contributed by atoms with Gasteiger partial charge in [-0.1, -0.05) is 62.4 Å². The SMILES string of the molecule is CC(C)C(=O)c1ccccc1-c1ccccc1C=O. The minimum atomic E-state index is -0.0652. The second-order valence-corrected chi connectivity index (χ2v) is 4.77. The molecule has 0 amide bonds. The van der Waals surface area contributed by atoms with Crippen molar-refractivity contribution >= 4 is 12.1 Å². The van der Waals surface area contributed by atoms with E-state index >= 15 is 0 Å². The van der Waals surface area contributed by atoms with Crippen molar-refractivity contribution in [2.24, 2.45) is 5.92 Å². The van der Waals surface area contributed by atoms with Crippen LogP contribution in [0.3, 0.4) is 0 Å². The molecule has 0 saturated heterocycles. The largest absolute Gasteiger partial charge is 0.298 e. The van der Waals surface area contributed by atoms with E-state index in [-0.39, 0.29) is 11.7 Å². The van der Waals surface area contributed by atoms with Crippen molar-refractivity contribution in [1.29, 1.82) is 0 Å². The molecular weight excluding hydrogens is 236 g/mol. The van der Waals surface area contributed by atoms with Gasteiger partial charge in [0.2, 0.25) is 0 Å². The number of Topliss-reactive ketones (excluding diaryl/α,β-unsaturated/α-hetero) is 1. The van der Waals surface area contributed by atoms with Crippen LogP contribution in [0.1, 0.15) is 34.6 Å². The van der Waals surface area contributed by atoms with Gasteiger partial charge >= 0.3 is 0 Å². The quantitative estimate of drug-likeness (QED) is 0.608. The Balaban J connectivity index is 2.63. The zero-order valence-electron chi connectivity index (χ0n) is 11.1. The summed E-state index contributed by atoms with van der Waals surface area (Å²) in [6.07, 6.45) is 0.825. The number of carbonyl (C=O) groups is 2. The first-order chi connectivity index (χ1) is 9.15. The smallest absolute Gasteiger partial charge is 0.166 e. The van der Waals surface area contributed by atoms with Crippen LogP contribution in [0.4, 0.5) is 0 Å². The van der Waals surface area contributed by atoms with Crippen LogP contribution >= 0.6 is 0 Å². The van der Waals surface area contributed by atoms with E-state index in [1.165, 1.54) is 0 Å². The fourth-order valence-electron chi connectivity index (χ4n) is 2.09. The van der Waals surface area contributed by atoms with Gasteiger partial charge < -0.3 is 0 Å². The van der Waals surface area contributed by atoms with Gasteiger partial charge in [0.05, 0.1) is 0 Å². The lowest BCUT2D eigenvalue weighted by atomic mass is 9.91. The normalized spacial score (nSPS) is 10.5. The number of ketones is 1. The summed E-state index contributed by atoms with van der Waals surface area (Å²) in [4.78, 5) is 23.4. The van der Waals surface area contributed by atoms with Crippen molar-refractivity contribution in [3.05, 3.63) is 59.7 Å². The monoisotopic (exact) mass is 252 g/mol. The van der Waals surface area contributed by atoms with Crippen molar-refractivity contribution in [3.8, 4) is 11.1 Å². The Hall–Kier alpha value is -2.22. The topological polar surface area (TPSA) is 34.1 Å². The maximum atomic E-state index is 12.2. The Bertz CT molecular complexity index is 612. The van der Waals surface area contributed by atoms with Crippen LogP contribution in [0.2, 0.25) is 0 Å². The Kier molecular flexibility index (Phi) is 3.91. The van der Waals surface area contributed by atoms with E-state index in [2.05, 4.69) is 0 Å². The predicted octanol–water partition coefficient (Wildman–Crippen LogP) is 4.00. The Morgan fingerprint density at radius 3 is 2.16 bits per heavy atom. The molecule has 0 unspecified atom stereocenters. The molecule has 0 aliphatic rings. The van der Waals surface area contributed by atoms with E-state index < -0.39 is 0 Å². The summed E-state index contributed by atoms with van der Waals surface area (Å²) in [7, 11) is 0. The standard InChI is InChI=1S/C17H16O2/c1-12(2)17(19)16-10-6-5-9-15(16)14-8-4-3-7-13(14)11-18/h3-12H,1-2H3. The van der Waals surface area contributed by atoms with Gasteiger partial charge in [-0.15, -0.1) is 0 Å². The zero-order chi connectivity index (χ0) is 13.8. The summed E-state index contributed by atoms with van der Waals surface area (Å²) in [5, 5.41) is 0. The van der Waals surface area contributed by atoms with Crippen molar-refractivity contribution in [3.63, 3.8) is 0 Å². The van der Waals surface area contributed by atoms with Gasteiger partial charge in [-0.3, -0.25) is 9.59 Å². The van der Waals surface area contributed by atoms with E-state index in [0.717, 1.165) is 17.4 Å². The third-order valence-corrected chi connectivity index (χ3v) is 3.09. The van der Waals surface area contributed by atoms with Gasteiger partial charge in [0.25, 0.3) is 0 Å². The van der Waals surface area contributed by atoms with Crippen LogP contribution in [0, 0.1) is 5.92 Å². The summed E-state index contributed by atoms with van der Waals surface area (Å²) < 4.78 is 0.